The first kappa shape index (κ1) is 16.6. The van der Waals surface area contributed by atoms with Crippen LogP contribution in [0.1, 0.15) is 11.1 Å². The predicted molar refractivity (Wildman–Crippen MR) is 90.7 cm³/mol. The molecule has 3 aromatic rings. The summed E-state index contributed by atoms with van der Waals surface area (Å²) in [5, 5.41) is 7.63. The third kappa shape index (κ3) is 3.97. The van der Waals surface area contributed by atoms with Crippen molar-refractivity contribution in [3.63, 3.8) is 0 Å². The maximum Gasteiger partial charge on any atom is 0.404 e. The van der Waals surface area contributed by atoms with Crippen molar-refractivity contribution in [3.05, 3.63) is 53.3 Å². The normalized spacial score (nSPS) is 10.8. The second kappa shape index (κ2) is 7.08. The van der Waals surface area contributed by atoms with Gasteiger partial charge in [-0.3, -0.25) is 5.10 Å². The van der Waals surface area contributed by atoms with Gasteiger partial charge in [-0.25, -0.2) is 9.18 Å². The van der Waals surface area contributed by atoms with Gasteiger partial charge in [0.1, 0.15) is 24.8 Å². The van der Waals surface area contributed by atoms with Crippen LogP contribution < -0.4 is 16.2 Å². The molecule has 0 aliphatic rings. The molecule has 0 bridgehead atoms. The number of carbonyl (C=O) groups excluding carboxylic acids is 1. The smallest absolute Gasteiger partial charge is 0.404 e. The number of aromatic nitrogens is 2. The minimum Gasteiger partial charge on any atom is -0.490 e. The van der Waals surface area contributed by atoms with Gasteiger partial charge in [0, 0.05) is 17.9 Å². The first-order chi connectivity index (χ1) is 12.0. The van der Waals surface area contributed by atoms with Crippen LogP contribution in [0.15, 0.2) is 36.4 Å². The Morgan fingerprint density at radius 3 is 2.84 bits per heavy atom. The van der Waals surface area contributed by atoms with E-state index in [-0.39, 0.29) is 13.2 Å². The second-order valence-corrected chi connectivity index (χ2v) is 5.43. The number of hydrogen-bond donors (Lipinski definition) is 3. The lowest BCUT2D eigenvalue weighted by Crippen LogP contribution is -2.17. The summed E-state index contributed by atoms with van der Waals surface area (Å²) in [5.41, 5.74) is 13.3. The van der Waals surface area contributed by atoms with Gasteiger partial charge < -0.3 is 20.9 Å². The largest absolute Gasteiger partial charge is 0.490 e. The SMILES string of the molecule is NC(=O)OCCOc1cc(F)ccc1Cc1ccc2[nH]nc(N)c2c1. The molecule has 1 heterocycles. The van der Waals surface area contributed by atoms with E-state index in [9.17, 15) is 9.18 Å². The van der Waals surface area contributed by atoms with Crippen LogP contribution in [0.3, 0.4) is 0 Å². The van der Waals surface area contributed by atoms with Gasteiger partial charge in [-0.2, -0.15) is 5.10 Å². The summed E-state index contributed by atoms with van der Waals surface area (Å²) in [6, 6.07) is 10.1. The Kier molecular flexibility index (Phi) is 4.69. The average molecular weight is 344 g/mol. The summed E-state index contributed by atoms with van der Waals surface area (Å²) >= 11 is 0. The van der Waals surface area contributed by atoms with Crippen molar-refractivity contribution in [2.24, 2.45) is 5.73 Å². The molecule has 0 aliphatic heterocycles. The van der Waals surface area contributed by atoms with Crippen LogP contribution in [0.2, 0.25) is 0 Å². The van der Waals surface area contributed by atoms with E-state index in [4.69, 9.17) is 16.2 Å². The summed E-state index contributed by atoms with van der Waals surface area (Å²) in [4.78, 5) is 10.6. The molecule has 0 spiro atoms. The zero-order valence-electron chi connectivity index (χ0n) is 13.3. The van der Waals surface area contributed by atoms with E-state index < -0.39 is 11.9 Å². The lowest BCUT2D eigenvalue weighted by atomic mass is 10.0. The number of ether oxygens (including phenoxy) is 2. The number of primary amides is 1. The lowest BCUT2D eigenvalue weighted by Gasteiger charge is -2.12. The Labute approximate surface area is 142 Å². The van der Waals surface area contributed by atoms with E-state index in [1.165, 1.54) is 12.1 Å². The van der Waals surface area contributed by atoms with Crippen LogP contribution in [-0.4, -0.2) is 29.5 Å². The molecule has 0 unspecified atom stereocenters. The summed E-state index contributed by atoms with van der Waals surface area (Å²) in [5.74, 6) is 0.397. The van der Waals surface area contributed by atoms with Crippen molar-refractivity contribution in [1.82, 2.24) is 10.2 Å². The number of halogens is 1. The number of benzene rings is 2. The van der Waals surface area contributed by atoms with Crippen LogP contribution in [0, 0.1) is 5.82 Å². The topological polar surface area (TPSA) is 116 Å². The number of nitrogens with one attached hydrogen (secondary N) is 1. The van der Waals surface area contributed by atoms with Crippen molar-refractivity contribution in [2.75, 3.05) is 18.9 Å². The molecule has 0 atom stereocenters. The van der Waals surface area contributed by atoms with Crippen LogP contribution in [0.25, 0.3) is 10.9 Å². The fraction of sp³-hybridized carbons (Fsp3) is 0.176. The fourth-order valence-corrected chi connectivity index (χ4v) is 2.51. The zero-order chi connectivity index (χ0) is 17.8. The maximum absolute atomic E-state index is 13.5. The van der Waals surface area contributed by atoms with Gasteiger partial charge in [0.15, 0.2) is 5.82 Å². The van der Waals surface area contributed by atoms with Gasteiger partial charge in [0.25, 0.3) is 0 Å². The zero-order valence-corrected chi connectivity index (χ0v) is 13.3. The molecule has 0 aliphatic carbocycles. The first-order valence-corrected chi connectivity index (χ1v) is 7.59. The summed E-state index contributed by atoms with van der Waals surface area (Å²) in [6.07, 6.45) is -0.360. The van der Waals surface area contributed by atoms with Crippen LogP contribution >= 0.6 is 0 Å². The Hall–Kier alpha value is -3.29. The molecule has 1 amide bonds. The molecule has 0 saturated carbocycles. The minimum atomic E-state index is -0.880. The summed E-state index contributed by atoms with van der Waals surface area (Å²) < 4.78 is 23.6. The van der Waals surface area contributed by atoms with Crippen molar-refractivity contribution in [3.8, 4) is 5.75 Å². The standard InChI is InChI=1S/C17H17FN4O3/c18-12-3-2-11(15(9-12)24-5-6-25-17(20)23)7-10-1-4-14-13(8-10)16(19)22-21-14/h1-4,8-9H,5-7H2,(H2,20,23)(H3,19,21,22). The molecule has 2 aromatic carbocycles. The number of amides is 1. The molecular weight excluding hydrogens is 327 g/mol. The molecule has 3 rings (SSSR count). The van der Waals surface area contributed by atoms with E-state index in [1.807, 2.05) is 18.2 Å². The van der Waals surface area contributed by atoms with Crippen LogP contribution in [-0.2, 0) is 11.2 Å². The third-order valence-corrected chi connectivity index (χ3v) is 3.67. The molecule has 7 nitrogen and oxygen atoms in total. The van der Waals surface area contributed by atoms with Gasteiger partial charge >= 0.3 is 6.09 Å². The lowest BCUT2D eigenvalue weighted by molar-refractivity contribution is 0.133. The molecule has 130 valence electrons. The quantitative estimate of drug-likeness (QED) is 0.594. The molecular formula is C17H17FN4O3. The highest BCUT2D eigenvalue weighted by molar-refractivity contribution is 5.89. The number of nitrogens with two attached hydrogens (primary N) is 2. The van der Waals surface area contributed by atoms with Crippen LogP contribution in [0.4, 0.5) is 15.0 Å². The van der Waals surface area contributed by atoms with Crippen LogP contribution in [0.5, 0.6) is 5.75 Å². The summed E-state index contributed by atoms with van der Waals surface area (Å²) in [6.45, 7) is 0.0654. The monoisotopic (exact) mass is 344 g/mol. The second-order valence-electron chi connectivity index (χ2n) is 5.43. The molecule has 8 heteroatoms. The molecule has 5 N–H and O–H groups in total. The Bertz CT molecular complexity index is 910. The fourth-order valence-electron chi connectivity index (χ4n) is 2.51. The minimum absolute atomic E-state index is 0.0111. The van der Waals surface area contributed by atoms with Gasteiger partial charge in [-0.1, -0.05) is 12.1 Å². The van der Waals surface area contributed by atoms with Crippen molar-refractivity contribution in [2.45, 2.75) is 6.42 Å². The number of rotatable bonds is 6. The maximum atomic E-state index is 13.5. The van der Waals surface area contributed by atoms with E-state index in [0.717, 1.165) is 22.0 Å². The third-order valence-electron chi connectivity index (χ3n) is 3.67. The number of nitrogen functional groups attached to an aromatic ring is 1. The van der Waals surface area contributed by atoms with E-state index in [1.54, 1.807) is 6.07 Å². The van der Waals surface area contributed by atoms with Gasteiger partial charge in [0.05, 0.1) is 5.52 Å². The molecule has 1 aromatic heterocycles. The van der Waals surface area contributed by atoms with Crippen molar-refractivity contribution in [1.29, 1.82) is 0 Å². The number of carbonyl (C=O) groups is 1. The van der Waals surface area contributed by atoms with E-state index in [0.29, 0.717) is 18.0 Å². The highest BCUT2D eigenvalue weighted by atomic mass is 19.1. The molecule has 0 saturated heterocycles. The Morgan fingerprint density at radius 2 is 2.04 bits per heavy atom. The van der Waals surface area contributed by atoms with Gasteiger partial charge in [-0.15, -0.1) is 0 Å². The number of H-pyrrole nitrogens is 1. The van der Waals surface area contributed by atoms with Gasteiger partial charge in [0.2, 0.25) is 0 Å². The van der Waals surface area contributed by atoms with Crippen molar-refractivity contribution < 1.29 is 18.7 Å². The van der Waals surface area contributed by atoms with Crippen molar-refractivity contribution >= 4 is 22.8 Å². The van der Waals surface area contributed by atoms with Gasteiger partial charge in [-0.05, 0) is 29.3 Å². The Morgan fingerprint density at radius 1 is 1.20 bits per heavy atom. The number of aromatic amines is 1. The summed E-state index contributed by atoms with van der Waals surface area (Å²) in [7, 11) is 0. The van der Waals surface area contributed by atoms with E-state index in [2.05, 4.69) is 14.9 Å². The molecule has 0 fully saturated rings. The predicted octanol–water partition coefficient (Wildman–Crippen LogP) is 2.35. The Balaban J connectivity index is 1.78. The highest BCUT2D eigenvalue weighted by Crippen LogP contribution is 2.26. The first-order valence-electron chi connectivity index (χ1n) is 7.59. The number of nitrogens with zero attached hydrogens (tertiary/aromatic N) is 1. The highest BCUT2D eigenvalue weighted by Gasteiger charge is 2.09. The number of fused-ring (bicyclic) bond motifs is 1. The average Bonchev–Trinajstić information content (AvgIpc) is 2.94. The number of anilines is 1. The number of hydrogen-bond acceptors (Lipinski definition) is 5. The van der Waals surface area contributed by atoms with E-state index >= 15 is 0 Å². The molecule has 0 radical (unpaired) electrons. The molecule has 25 heavy (non-hydrogen) atoms.